The van der Waals surface area contributed by atoms with Gasteiger partial charge in [-0.05, 0) is 30.5 Å². The number of unbranched alkanes of at least 4 members (excludes halogenated alkanes) is 3. The van der Waals surface area contributed by atoms with Crippen molar-refractivity contribution in [2.24, 2.45) is 5.92 Å². The summed E-state index contributed by atoms with van der Waals surface area (Å²) in [5, 5.41) is 9.30. The molecule has 0 bridgehead atoms. The monoisotopic (exact) mass is 314 g/mol. The van der Waals surface area contributed by atoms with Crippen LogP contribution in [0.5, 0.6) is 5.75 Å². The minimum absolute atomic E-state index is 0.0616. The number of nitrogens with one attached hydrogen (secondary N) is 1. The first-order valence-electron chi connectivity index (χ1n) is 7.41. The third-order valence-corrected chi connectivity index (χ3v) is 4.77. The lowest BCUT2D eigenvalue weighted by Gasteiger charge is -2.08. The van der Waals surface area contributed by atoms with Crippen LogP contribution in [0.3, 0.4) is 0 Å². The van der Waals surface area contributed by atoms with Gasteiger partial charge in [0.1, 0.15) is 5.75 Å². The zero-order valence-electron chi connectivity index (χ0n) is 12.8. The molecule has 1 aromatic rings. The smallest absolute Gasteiger partial charge is 0.240 e. The van der Waals surface area contributed by atoms with E-state index in [0.717, 1.165) is 25.2 Å². The van der Waals surface area contributed by atoms with E-state index in [2.05, 4.69) is 18.6 Å². The van der Waals surface area contributed by atoms with Gasteiger partial charge in [0, 0.05) is 6.54 Å². The topological polar surface area (TPSA) is 92.4 Å². The summed E-state index contributed by atoms with van der Waals surface area (Å²) in [5.74, 6) is 0.613. The van der Waals surface area contributed by atoms with Crippen LogP contribution in [0.15, 0.2) is 23.1 Å². The van der Waals surface area contributed by atoms with Gasteiger partial charge in [-0.15, -0.1) is 0 Å². The Kier molecular flexibility index (Phi) is 6.98. The molecule has 0 unspecified atom stereocenters. The van der Waals surface area contributed by atoms with Gasteiger partial charge in [-0.1, -0.05) is 39.5 Å². The number of sulfonamides is 1. The fourth-order valence-corrected chi connectivity index (χ4v) is 3.13. The van der Waals surface area contributed by atoms with Crippen LogP contribution in [-0.4, -0.2) is 20.1 Å². The highest BCUT2D eigenvalue weighted by atomic mass is 32.2. The lowest BCUT2D eigenvalue weighted by molar-refractivity contribution is 0.477. The summed E-state index contributed by atoms with van der Waals surface area (Å²) in [7, 11) is -3.55. The van der Waals surface area contributed by atoms with Crippen LogP contribution >= 0.6 is 0 Å². The van der Waals surface area contributed by atoms with Gasteiger partial charge in [0.15, 0.2) is 0 Å². The van der Waals surface area contributed by atoms with Crippen molar-refractivity contribution in [3.63, 3.8) is 0 Å². The van der Waals surface area contributed by atoms with Crippen LogP contribution in [0, 0.1) is 5.92 Å². The molecule has 0 aromatic heterocycles. The Balaban J connectivity index is 2.35. The summed E-state index contributed by atoms with van der Waals surface area (Å²) < 4.78 is 26.6. The standard InChI is InChI=1S/C15H26N2O3S/c1-12(2)7-5-3-4-6-10-17-21(19,20)13-8-9-15(18)14(16)11-13/h8-9,11-12,17-18H,3-7,10,16H2,1-2H3. The molecule has 4 N–H and O–H groups in total. The van der Waals surface area contributed by atoms with Gasteiger partial charge in [0.25, 0.3) is 0 Å². The summed E-state index contributed by atoms with van der Waals surface area (Å²) >= 11 is 0. The molecule has 1 aromatic carbocycles. The number of aromatic hydroxyl groups is 1. The molecule has 0 aliphatic heterocycles. The van der Waals surface area contributed by atoms with Crippen LogP contribution in [0.1, 0.15) is 46.0 Å². The Bertz CT molecular complexity index is 542. The Morgan fingerprint density at radius 3 is 2.48 bits per heavy atom. The number of rotatable bonds is 9. The zero-order valence-corrected chi connectivity index (χ0v) is 13.6. The second-order valence-electron chi connectivity index (χ2n) is 5.72. The van der Waals surface area contributed by atoms with Gasteiger partial charge in [-0.3, -0.25) is 0 Å². The van der Waals surface area contributed by atoms with E-state index in [1.54, 1.807) is 0 Å². The zero-order chi connectivity index (χ0) is 15.9. The first-order valence-corrected chi connectivity index (χ1v) is 8.89. The molecule has 0 fully saturated rings. The third-order valence-electron chi connectivity index (χ3n) is 3.31. The first-order chi connectivity index (χ1) is 9.83. The average molecular weight is 314 g/mol. The van der Waals surface area contributed by atoms with Crippen molar-refractivity contribution >= 4 is 15.7 Å². The van der Waals surface area contributed by atoms with Crippen LogP contribution in [0.4, 0.5) is 5.69 Å². The molecule has 6 heteroatoms. The van der Waals surface area contributed by atoms with Crippen molar-refractivity contribution in [1.29, 1.82) is 0 Å². The van der Waals surface area contributed by atoms with E-state index in [4.69, 9.17) is 5.73 Å². The highest BCUT2D eigenvalue weighted by Gasteiger charge is 2.14. The minimum Gasteiger partial charge on any atom is -0.506 e. The normalized spacial score (nSPS) is 12.0. The number of hydrogen-bond acceptors (Lipinski definition) is 4. The van der Waals surface area contributed by atoms with Gasteiger partial charge in [0.2, 0.25) is 10.0 Å². The summed E-state index contributed by atoms with van der Waals surface area (Å²) in [6, 6.07) is 3.90. The Labute approximate surface area is 127 Å². The predicted molar refractivity (Wildman–Crippen MR) is 85.6 cm³/mol. The number of nitrogen functional groups attached to an aromatic ring is 1. The van der Waals surface area contributed by atoms with Crippen molar-refractivity contribution in [3.8, 4) is 5.75 Å². The van der Waals surface area contributed by atoms with Crippen LogP contribution in [-0.2, 0) is 10.0 Å². The van der Waals surface area contributed by atoms with Gasteiger partial charge in [-0.25, -0.2) is 13.1 Å². The summed E-state index contributed by atoms with van der Waals surface area (Å²) in [6.07, 6.45) is 5.39. The molecular weight excluding hydrogens is 288 g/mol. The van der Waals surface area contributed by atoms with Gasteiger partial charge in [0.05, 0.1) is 10.6 Å². The van der Waals surface area contributed by atoms with E-state index < -0.39 is 10.0 Å². The quantitative estimate of drug-likeness (QED) is 0.371. The summed E-state index contributed by atoms with van der Waals surface area (Å²) in [4.78, 5) is 0.0811. The van der Waals surface area contributed by atoms with E-state index in [9.17, 15) is 13.5 Å². The van der Waals surface area contributed by atoms with Crippen molar-refractivity contribution in [1.82, 2.24) is 4.72 Å². The van der Waals surface area contributed by atoms with E-state index in [1.165, 1.54) is 31.0 Å². The van der Waals surface area contributed by atoms with Crippen LogP contribution in [0.2, 0.25) is 0 Å². The number of phenolic OH excluding ortho intramolecular Hbond substituents is 1. The van der Waals surface area contributed by atoms with Crippen LogP contribution in [0.25, 0.3) is 0 Å². The van der Waals surface area contributed by atoms with Gasteiger partial charge < -0.3 is 10.8 Å². The fourth-order valence-electron chi connectivity index (χ4n) is 2.02. The molecular formula is C15H26N2O3S. The van der Waals surface area contributed by atoms with Crippen LogP contribution < -0.4 is 10.5 Å². The van der Waals surface area contributed by atoms with Crippen molar-refractivity contribution in [3.05, 3.63) is 18.2 Å². The van der Waals surface area contributed by atoms with Crippen molar-refractivity contribution in [2.45, 2.75) is 50.8 Å². The molecule has 0 heterocycles. The van der Waals surface area contributed by atoms with E-state index in [0.29, 0.717) is 6.54 Å². The molecule has 0 amide bonds. The predicted octanol–water partition coefficient (Wildman–Crippen LogP) is 2.86. The lowest BCUT2D eigenvalue weighted by atomic mass is 10.0. The molecule has 0 atom stereocenters. The SMILES string of the molecule is CC(C)CCCCCCNS(=O)(=O)c1ccc(O)c(N)c1. The fraction of sp³-hybridized carbons (Fsp3) is 0.600. The number of anilines is 1. The van der Waals surface area contributed by atoms with Crippen molar-refractivity contribution in [2.75, 3.05) is 12.3 Å². The molecule has 5 nitrogen and oxygen atoms in total. The lowest BCUT2D eigenvalue weighted by Crippen LogP contribution is -2.24. The van der Waals surface area contributed by atoms with E-state index in [1.807, 2.05) is 0 Å². The van der Waals surface area contributed by atoms with Gasteiger partial charge >= 0.3 is 0 Å². The average Bonchev–Trinajstić information content (AvgIpc) is 2.40. The highest BCUT2D eigenvalue weighted by molar-refractivity contribution is 7.89. The maximum atomic E-state index is 12.0. The highest BCUT2D eigenvalue weighted by Crippen LogP contribution is 2.22. The minimum atomic E-state index is -3.55. The number of benzene rings is 1. The Morgan fingerprint density at radius 2 is 1.86 bits per heavy atom. The maximum Gasteiger partial charge on any atom is 0.240 e. The molecule has 1 rings (SSSR count). The molecule has 0 aliphatic rings. The molecule has 21 heavy (non-hydrogen) atoms. The largest absolute Gasteiger partial charge is 0.506 e. The maximum absolute atomic E-state index is 12.0. The second-order valence-corrected chi connectivity index (χ2v) is 7.48. The molecule has 120 valence electrons. The Morgan fingerprint density at radius 1 is 1.19 bits per heavy atom. The first kappa shape index (κ1) is 17.8. The second kappa shape index (κ2) is 8.24. The molecule has 0 radical (unpaired) electrons. The van der Waals surface area contributed by atoms with Gasteiger partial charge in [-0.2, -0.15) is 0 Å². The number of nitrogens with two attached hydrogens (primary N) is 1. The molecule has 0 saturated heterocycles. The summed E-state index contributed by atoms with van der Waals surface area (Å²) in [6.45, 7) is 4.83. The van der Waals surface area contributed by atoms with Crippen molar-refractivity contribution < 1.29 is 13.5 Å². The van der Waals surface area contributed by atoms with E-state index >= 15 is 0 Å². The van der Waals surface area contributed by atoms with E-state index in [-0.39, 0.29) is 16.3 Å². The number of hydrogen-bond donors (Lipinski definition) is 3. The summed E-state index contributed by atoms with van der Waals surface area (Å²) in [5.41, 5.74) is 5.57. The molecule has 0 aliphatic carbocycles. The third kappa shape index (κ3) is 6.35. The number of phenols is 1. The molecule has 0 saturated carbocycles. The Hall–Kier alpha value is -1.27. The molecule has 0 spiro atoms.